The minimum absolute atomic E-state index is 0.143. The molecule has 0 amide bonds. The average Bonchev–Trinajstić information content (AvgIpc) is 2.88. The number of methoxy groups -OCH3 is 2. The van der Waals surface area contributed by atoms with Crippen LogP contribution >= 0.6 is 0 Å². The Morgan fingerprint density at radius 1 is 1.00 bits per heavy atom. The molecule has 0 N–H and O–H groups in total. The highest BCUT2D eigenvalue weighted by Crippen LogP contribution is 2.30. The minimum Gasteiger partial charge on any atom is -0.497 e. The third-order valence-corrected chi connectivity index (χ3v) is 7.27. The third-order valence-electron chi connectivity index (χ3n) is 7.27. The van der Waals surface area contributed by atoms with Crippen molar-refractivity contribution in [3.05, 3.63) is 59.9 Å². The van der Waals surface area contributed by atoms with E-state index in [2.05, 4.69) is 26.8 Å². The highest BCUT2D eigenvalue weighted by atomic mass is 19.1. The second-order valence-electron chi connectivity index (χ2n) is 9.29. The smallest absolute Gasteiger partial charge is 0.305 e. The molecule has 2 saturated heterocycles. The number of halogens is 1. The molecule has 2 aliphatic rings. The number of benzene rings is 2. The van der Waals surface area contributed by atoms with Crippen LogP contribution in [0.1, 0.15) is 24.8 Å². The highest BCUT2D eigenvalue weighted by molar-refractivity contribution is 5.69. The van der Waals surface area contributed by atoms with Crippen molar-refractivity contribution in [2.24, 2.45) is 5.92 Å². The SMILES string of the molecule is COC(=O)CC[C@@H]1CN(Cc2ccc(OC)cc2)CC[C@@H]1N1CCN(c2ccccc2F)CC1. The van der Waals surface area contributed by atoms with Gasteiger partial charge in [-0.3, -0.25) is 14.6 Å². The summed E-state index contributed by atoms with van der Waals surface area (Å²) in [6, 6.07) is 15.7. The van der Waals surface area contributed by atoms with Gasteiger partial charge in [0.05, 0.1) is 19.9 Å². The summed E-state index contributed by atoms with van der Waals surface area (Å²) in [7, 11) is 3.14. The number of nitrogens with zero attached hydrogens (tertiary/aromatic N) is 3. The number of hydrogen-bond acceptors (Lipinski definition) is 6. The second-order valence-corrected chi connectivity index (χ2v) is 9.29. The Hall–Kier alpha value is -2.64. The van der Waals surface area contributed by atoms with Crippen molar-refractivity contribution in [3.63, 3.8) is 0 Å². The number of hydrogen-bond donors (Lipinski definition) is 0. The van der Waals surface area contributed by atoms with Crippen LogP contribution in [0.15, 0.2) is 48.5 Å². The van der Waals surface area contributed by atoms with Crippen LogP contribution in [0.4, 0.5) is 10.1 Å². The normalized spacial score (nSPS) is 21.9. The maximum Gasteiger partial charge on any atom is 0.305 e. The minimum atomic E-state index is -0.154. The molecule has 2 heterocycles. The van der Waals surface area contributed by atoms with Crippen molar-refractivity contribution in [2.45, 2.75) is 31.8 Å². The lowest BCUT2D eigenvalue weighted by Crippen LogP contribution is -2.56. The molecule has 0 bridgehead atoms. The van der Waals surface area contributed by atoms with E-state index in [0.29, 0.717) is 24.1 Å². The Balaban J connectivity index is 1.38. The third kappa shape index (κ3) is 6.07. The van der Waals surface area contributed by atoms with E-state index >= 15 is 0 Å². The zero-order valence-corrected chi connectivity index (χ0v) is 20.3. The summed E-state index contributed by atoms with van der Waals surface area (Å²) in [4.78, 5) is 19.1. The van der Waals surface area contributed by atoms with Crippen LogP contribution < -0.4 is 9.64 Å². The van der Waals surface area contributed by atoms with E-state index in [1.165, 1.54) is 18.7 Å². The van der Waals surface area contributed by atoms with Crippen molar-refractivity contribution >= 4 is 11.7 Å². The molecule has 34 heavy (non-hydrogen) atoms. The van der Waals surface area contributed by atoms with Gasteiger partial charge in [0.25, 0.3) is 0 Å². The van der Waals surface area contributed by atoms with Crippen LogP contribution in [0.3, 0.4) is 0 Å². The van der Waals surface area contributed by atoms with Gasteiger partial charge < -0.3 is 14.4 Å². The number of ether oxygens (including phenoxy) is 2. The van der Waals surface area contributed by atoms with E-state index in [0.717, 1.165) is 64.4 Å². The van der Waals surface area contributed by atoms with Gasteiger partial charge in [-0.05, 0) is 55.1 Å². The van der Waals surface area contributed by atoms with Gasteiger partial charge in [-0.15, -0.1) is 0 Å². The summed E-state index contributed by atoms with van der Waals surface area (Å²) >= 11 is 0. The van der Waals surface area contributed by atoms with Gasteiger partial charge in [0.2, 0.25) is 0 Å². The van der Waals surface area contributed by atoms with Gasteiger partial charge in [0, 0.05) is 51.7 Å². The lowest BCUT2D eigenvalue weighted by molar-refractivity contribution is -0.141. The number of likely N-dealkylation sites (tertiary alicyclic amines) is 1. The second kappa shape index (κ2) is 11.7. The largest absolute Gasteiger partial charge is 0.497 e. The predicted octanol–water partition coefficient (Wildman–Crippen LogP) is 3.80. The van der Waals surface area contributed by atoms with Crippen molar-refractivity contribution in [1.82, 2.24) is 9.80 Å². The molecule has 2 fully saturated rings. The molecule has 0 aromatic heterocycles. The topological polar surface area (TPSA) is 45.2 Å². The zero-order valence-electron chi connectivity index (χ0n) is 20.3. The van der Waals surface area contributed by atoms with Gasteiger partial charge in [-0.25, -0.2) is 4.39 Å². The van der Waals surface area contributed by atoms with Gasteiger partial charge in [-0.2, -0.15) is 0 Å². The van der Waals surface area contributed by atoms with E-state index < -0.39 is 0 Å². The van der Waals surface area contributed by atoms with E-state index in [1.54, 1.807) is 13.2 Å². The van der Waals surface area contributed by atoms with Crippen molar-refractivity contribution in [1.29, 1.82) is 0 Å². The molecule has 0 aliphatic carbocycles. The van der Waals surface area contributed by atoms with Crippen LogP contribution in [0, 0.1) is 11.7 Å². The number of esters is 1. The average molecular weight is 470 g/mol. The molecule has 0 saturated carbocycles. The van der Waals surface area contributed by atoms with Gasteiger partial charge in [0.1, 0.15) is 11.6 Å². The first-order valence-electron chi connectivity index (χ1n) is 12.2. The Kier molecular flexibility index (Phi) is 8.40. The molecule has 2 aliphatic heterocycles. The van der Waals surface area contributed by atoms with Crippen molar-refractivity contribution in [3.8, 4) is 5.75 Å². The summed E-state index contributed by atoms with van der Waals surface area (Å²) in [6.45, 7) is 6.33. The fourth-order valence-electron chi connectivity index (χ4n) is 5.40. The first-order chi connectivity index (χ1) is 16.6. The van der Waals surface area contributed by atoms with Gasteiger partial charge in [-0.1, -0.05) is 24.3 Å². The number of anilines is 1. The first-order valence-corrected chi connectivity index (χ1v) is 12.2. The van der Waals surface area contributed by atoms with E-state index in [9.17, 15) is 9.18 Å². The van der Waals surface area contributed by atoms with Crippen LogP contribution in [-0.2, 0) is 16.1 Å². The molecule has 7 heteroatoms. The summed E-state index contributed by atoms with van der Waals surface area (Å²) in [5.41, 5.74) is 1.96. The van der Waals surface area contributed by atoms with Crippen molar-refractivity contribution < 1.29 is 18.7 Å². The highest BCUT2D eigenvalue weighted by Gasteiger charge is 2.35. The molecule has 0 spiro atoms. The fraction of sp³-hybridized carbons (Fsp3) is 0.519. The number of carbonyl (C=O) groups is 1. The molecule has 0 radical (unpaired) electrons. The number of rotatable bonds is 8. The maximum atomic E-state index is 14.3. The molecule has 2 atom stereocenters. The summed E-state index contributed by atoms with van der Waals surface area (Å²) in [6.07, 6.45) is 2.34. The van der Waals surface area contributed by atoms with Crippen LogP contribution in [0.25, 0.3) is 0 Å². The lowest BCUT2D eigenvalue weighted by atomic mass is 9.86. The number of carbonyl (C=O) groups excluding carboxylic acids is 1. The predicted molar refractivity (Wildman–Crippen MR) is 132 cm³/mol. The Bertz CT molecular complexity index is 931. The fourth-order valence-corrected chi connectivity index (χ4v) is 5.40. The van der Waals surface area contributed by atoms with Crippen LogP contribution in [0.2, 0.25) is 0 Å². The molecule has 0 unspecified atom stereocenters. The van der Waals surface area contributed by atoms with Gasteiger partial charge >= 0.3 is 5.97 Å². The Morgan fingerprint density at radius 3 is 2.41 bits per heavy atom. The molecule has 2 aromatic carbocycles. The number of piperidine rings is 1. The van der Waals surface area contributed by atoms with Crippen molar-refractivity contribution in [2.75, 3.05) is 58.4 Å². The zero-order chi connectivity index (χ0) is 23.9. The number of para-hydroxylation sites is 1. The molecule has 6 nitrogen and oxygen atoms in total. The summed E-state index contributed by atoms with van der Waals surface area (Å²) in [5.74, 6) is 0.966. The molecule has 4 rings (SSSR count). The molecule has 2 aromatic rings. The number of piperazine rings is 1. The Labute approximate surface area is 202 Å². The monoisotopic (exact) mass is 469 g/mol. The Morgan fingerprint density at radius 2 is 1.74 bits per heavy atom. The van der Waals surface area contributed by atoms with Gasteiger partial charge in [0.15, 0.2) is 0 Å². The first kappa shape index (κ1) is 24.5. The maximum absolute atomic E-state index is 14.3. The van der Waals surface area contributed by atoms with E-state index in [-0.39, 0.29) is 11.8 Å². The van der Waals surface area contributed by atoms with Crippen LogP contribution in [0.5, 0.6) is 5.75 Å². The standard InChI is InChI=1S/C27H36FN3O3/c1-33-23-10-7-21(8-11-23)19-29-14-13-25(22(20-29)9-12-27(32)34-2)30-15-17-31(18-16-30)26-6-4-3-5-24(26)28/h3-8,10-11,22,25H,9,12-20H2,1-2H3/t22-,25+/m1/s1. The van der Waals surface area contributed by atoms with E-state index in [1.807, 2.05) is 24.3 Å². The quantitative estimate of drug-likeness (QED) is 0.548. The van der Waals surface area contributed by atoms with E-state index in [4.69, 9.17) is 9.47 Å². The lowest BCUT2D eigenvalue weighted by Gasteiger charge is -2.47. The molecule has 184 valence electrons. The summed E-state index contributed by atoms with van der Waals surface area (Å²) in [5, 5.41) is 0. The molecular weight excluding hydrogens is 433 g/mol. The molecular formula is C27H36FN3O3. The summed E-state index contributed by atoms with van der Waals surface area (Å²) < 4.78 is 24.4. The van der Waals surface area contributed by atoms with Crippen LogP contribution in [-0.4, -0.2) is 75.3 Å².